The number of thiophene rings is 1. The zero-order valence-electron chi connectivity index (χ0n) is 12.0. The largest absolute Gasteiger partial charge is 0.462 e. The van der Waals surface area contributed by atoms with E-state index in [2.05, 4.69) is 13.8 Å². The van der Waals surface area contributed by atoms with Crippen LogP contribution in [-0.2, 0) is 4.74 Å². The van der Waals surface area contributed by atoms with Crippen LogP contribution < -0.4 is 5.73 Å². The maximum Gasteiger partial charge on any atom is 0.341 e. The number of hydrogen-bond donors (Lipinski definition) is 1. The first kappa shape index (κ1) is 14.6. The van der Waals surface area contributed by atoms with Gasteiger partial charge in [-0.05, 0) is 18.4 Å². The molecule has 1 heterocycles. The Morgan fingerprint density at radius 2 is 1.95 bits per heavy atom. The van der Waals surface area contributed by atoms with E-state index < -0.39 is 0 Å². The van der Waals surface area contributed by atoms with Crippen LogP contribution in [0.2, 0.25) is 0 Å². The van der Waals surface area contributed by atoms with Gasteiger partial charge in [0.1, 0.15) is 10.6 Å². The highest BCUT2D eigenvalue weighted by molar-refractivity contribution is 7.17. The fraction of sp³-hybridized carbons (Fsp3) is 0.312. The molecule has 0 aliphatic heterocycles. The molecule has 1 aromatic carbocycles. The van der Waals surface area contributed by atoms with Crippen LogP contribution in [-0.4, -0.2) is 12.6 Å². The maximum absolute atomic E-state index is 12.2. The second-order valence-electron chi connectivity index (χ2n) is 4.82. The van der Waals surface area contributed by atoms with Crippen molar-refractivity contribution < 1.29 is 9.53 Å². The Morgan fingerprint density at radius 1 is 1.30 bits per heavy atom. The minimum absolute atomic E-state index is 0.306. The van der Waals surface area contributed by atoms with E-state index in [-0.39, 0.29) is 5.97 Å². The van der Waals surface area contributed by atoms with Gasteiger partial charge < -0.3 is 10.5 Å². The number of esters is 1. The maximum atomic E-state index is 12.2. The zero-order valence-corrected chi connectivity index (χ0v) is 12.8. The number of carbonyl (C=O) groups is 1. The lowest BCUT2D eigenvalue weighted by Crippen LogP contribution is -2.07. The van der Waals surface area contributed by atoms with Crippen molar-refractivity contribution in [2.24, 2.45) is 0 Å². The number of nitrogens with two attached hydrogens (primary N) is 1. The summed E-state index contributed by atoms with van der Waals surface area (Å²) in [5.74, 6) is -0.0346. The fourth-order valence-electron chi connectivity index (χ4n) is 2.17. The topological polar surface area (TPSA) is 52.3 Å². The normalized spacial score (nSPS) is 10.8. The molecule has 0 fully saturated rings. The monoisotopic (exact) mass is 289 g/mol. The van der Waals surface area contributed by atoms with Crippen molar-refractivity contribution in [2.75, 3.05) is 12.3 Å². The average molecular weight is 289 g/mol. The number of anilines is 1. The highest BCUT2D eigenvalue weighted by atomic mass is 32.1. The lowest BCUT2D eigenvalue weighted by molar-refractivity contribution is 0.0529. The van der Waals surface area contributed by atoms with Gasteiger partial charge in [-0.1, -0.05) is 44.2 Å². The Kier molecular flexibility index (Phi) is 4.45. The highest BCUT2D eigenvalue weighted by Crippen LogP contribution is 2.42. The first-order valence-corrected chi connectivity index (χ1v) is 7.52. The molecule has 3 nitrogen and oxygen atoms in total. The predicted octanol–water partition coefficient (Wildman–Crippen LogP) is 4.30. The third-order valence-electron chi connectivity index (χ3n) is 3.03. The Balaban J connectivity index is 2.65. The van der Waals surface area contributed by atoms with Crippen molar-refractivity contribution in [3.05, 3.63) is 40.8 Å². The summed E-state index contributed by atoms with van der Waals surface area (Å²) in [4.78, 5) is 13.3. The number of carbonyl (C=O) groups excluding carboxylic acids is 1. The van der Waals surface area contributed by atoms with E-state index in [1.807, 2.05) is 30.3 Å². The van der Waals surface area contributed by atoms with Gasteiger partial charge in [-0.15, -0.1) is 11.3 Å². The molecule has 0 bridgehead atoms. The molecule has 4 heteroatoms. The van der Waals surface area contributed by atoms with E-state index >= 15 is 0 Å². The molecule has 0 spiro atoms. The third-order valence-corrected chi connectivity index (χ3v) is 4.35. The molecule has 0 aliphatic carbocycles. The van der Waals surface area contributed by atoms with E-state index in [0.717, 1.165) is 16.0 Å². The van der Waals surface area contributed by atoms with E-state index in [1.165, 1.54) is 11.3 Å². The summed E-state index contributed by atoms with van der Waals surface area (Å²) in [6.45, 7) is 6.35. The van der Waals surface area contributed by atoms with E-state index in [9.17, 15) is 4.79 Å². The molecule has 1 aromatic heterocycles. The number of rotatable bonds is 4. The molecule has 0 saturated heterocycles. The Morgan fingerprint density at radius 3 is 2.50 bits per heavy atom. The van der Waals surface area contributed by atoms with E-state index in [1.54, 1.807) is 6.92 Å². The summed E-state index contributed by atoms with van der Waals surface area (Å²) >= 11 is 1.48. The van der Waals surface area contributed by atoms with Crippen LogP contribution in [0.15, 0.2) is 30.3 Å². The second kappa shape index (κ2) is 6.09. The van der Waals surface area contributed by atoms with Crippen LogP contribution in [0.3, 0.4) is 0 Å². The van der Waals surface area contributed by atoms with Crippen molar-refractivity contribution in [1.29, 1.82) is 0 Å². The average Bonchev–Trinajstić information content (AvgIpc) is 2.78. The molecular weight excluding hydrogens is 270 g/mol. The van der Waals surface area contributed by atoms with Gasteiger partial charge >= 0.3 is 5.97 Å². The number of benzene rings is 1. The molecule has 0 aliphatic rings. The highest BCUT2D eigenvalue weighted by Gasteiger charge is 2.25. The lowest BCUT2D eigenvalue weighted by Gasteiger charge is -2.10. The van der Waals surface area contributed by atoms with Crippen LogP contribution in [0.4, 0.5) is 5.00 Å². The molecule has 2 N–H and O–H groups in total. The standard InChI is InChI=1S/C16H19NO2S/c1-4-19-16(18)13-12(11-8-6-5-7-9-11)14(10(2)3)20-15(13)17/h5-10H,4,17H2,1-3H3. The summed E-state index contributed by atoms with van der Waals surface area (Å²) in [6, 6.07) is 9.87. The first-order valence-electron chi connectivity index (χ1n) is 6.71. The van der Waals surface area contributed by atoms with Crippen LogP contribution >= 0.6 is 11.3 Å². The van der Waals surface area contributed by atoms with Gasteiger partial charge in [0.25, 0.3) is 0 Å². The lowest BCUT2D eigenvalue weighted by atomic mass is 9.97. The molecule has 0 radical (unpaired) electrons. The van der Waals surface area contributed by atoms with E-state index in [0.29, 0.717) is 23.1 Å². The van der Waals surface area contributed by atoms with Gasteiger partial charge in [-0.2, -0.15) is 0 Å². The van der Waals surface area contributed by atoms with Gasteiger partial charge in [0, 0.05) is 10.4 Å². The molecular formula is C16H19NO2S. The molecule has 2 rings (SSSR count). The van der Waals surface area contributed by atoms with Gasteiger partial charge in [0.15, 0.2) is 0 Å². The predicted molar refractivity (Wildman–Crippen MR) is 84.2 cm³/mol. The quantitative estimate of drug-likeness (QED) is 0.854. The Hall–Kier alpha value is -1.81. The summed E-state index contributed by atoms with van der Waals surface area (Å²) in [6.07, 6.45) is 0. The van der Waals surface area contributed by atoms with E-state index in [4.69, 9.17) is 10.5 Å². The van der Waals surface area contributed by atoms with Gasteiger partial charge in [-0.3, -0.25) is 0 Å². The van der Waals surface area contributed by atoms with Gasteiger partial charge in [0.2, 0.25) is 0 Å². The first-order chi connectivity index (χ1) is 9.56. The number of hydrogen-bond acceptors (Lipinski definition) is 4. The minimum Gasteiger partial charge on any atom is -0.462 e. The molecule has 0 amide bonds. The Bertz CT molecular complexity index is 602. The summed E-state index contributed by atoms with van der Waals surface area (Å²) in [5, 5.41) is 0.533. The molecule has 0 saturated carbocycles. The second-order valence-corrected chi connectivity index (χ2v) is 5.91. The molecule has 106 valence electrons. The van der Waals surface area contributed by atoms with Crippen LogP contribution in [0.25, 0.3) is 11.1 Å². The summed E-state index contributed by atoms with van der Waals surface area (Å²) in [5.41, 5.74) is 8.50. The van der Waals surface area contributed by atoms with Gasteiger partial charge in [0.05, 0.1) is 6.61 Å². The van der Waals surface area contributed by atoms with Crippen LogP contribution in [0.1, 0.15) is 41.9 Å². The summed E-state index contributed by atoms with van der Waals surface area (Å²) in [7, 11) is 0. The molecule has 20 heavy (non-hydrogen) atoms. The van der Waals surface area contributed by atoms with Gasteiger partial charge in [-0.25, -0.2) is 4.79 Å². The number of nitrogen functional groups attached to an aromatic ring is 1. The minimum atomic E-state index is -0.341. The molecule has 0 atom stereocenters. The van der Waals surface area contributed by atoms with Crippen LogP contribution in [0.5, 0.6) is 0 Å². The zero-order chi connectivity index (χ0) is 14.7. The molecule has 0 unspecified atom stereocenters. The van der Waals surface area contributed by atoms with Crippen molar-refractivity contribution in [3.63, 3.8) is 0 Å². The van der Waals surface area contributed by atoms with Crippen molar-refractivity contribution in [3.8, 4) is 11.1 Å². The summed E-state index contributed by atoms with van der Waals surface area (Å²) < 4.78 is 5.15. The smallest absolute Gasteiger partial charge is 0.341 e. The van der Waals surface area contributed by atoms with Crippen molar-refractivity contribution in [2.45, 2.75) is 26.7 Å². The molecule has 2 aromatic rings. The SMILES string of the molecule is CCOC(=O)c1c(N)sc(C(C)C)c1-c1ccccc1. The van der Waals surface area contributed by atoms with Crippen LogP contribution in [0, 0.1) is 0 Å². The van der Waals surface area contributed by atoms with Crippen molar-refractivity contribution in [1.82, 2.24) is 0 Å². The Labute approximate surface area is 123 Å². The fourth-order valence-corrected chi connectivity index (χ4v) is 3.25. The third kappa shape index (κ3) is 2.70. The number of ether oxygens (including phenoxy) is 1. The van der Waals surface area contributed by atoms with Crippen molar-refractivity contribution >= 4 is 22.3 Å².